The Morgan fingerprint density at radius 2 is 2.53 bits per heavy atom. The van der Waals surface area contributed by atoms with Gasteiger partial charge in [-0.2, -0.15) is 5.10 Å². The van der Waals surface area contributed by atoms with Crippen molar-refractivity contribution >= 4 is 17.6 Å². The number of aromatic nitrogens is 3. The van der Waals surface area contributed by atoms with Crippen molar-refractivity contribution in [2.45, 2.75) is 6.92 Å². The monoisotopic (exact) mass is 206 g/mol. The van der Waals surface area contributed by atoms with Crippen LogP contribution in [0.5, 0.6) is 0 Å². The Balaban J connectivity index is 2.18. The average molecular weight is 206 g/mol. The summed E-state index contributed by atoms with van der Waals surface area (Å²) >= 11 is 0. The molecule has 0 atom stereocenters. The largest absolute Gasteiger partial charge is 0.450 e. The zero-order valence-corrected chi connectivity index (χ0v) is 8.17. The van der Waals surface area contributed by atoms with E-state index in [4.69, 9.17) is 4.74 Å². The first kappa shape index (κ1) is 9.45. The van der Waals surface area contributed by atoms with Gasteiger partial charge in [-0.15, -0.1) is 0 Å². The van der Waals surface area contributed by atoms with E-state index in [-0.39, 0.29) is 0 Å². The first-order valence-corrected chi connectivity index (χ1v) is 4.54. The first-order valence-electron chi connectivity index (χ1n) is 4.54. The average Bonchev–Trinajstić information content (AvgIpc) is 2.59. The number of hydrogen-bond acceptors (Lipinski definition) is 4. The second-order valence-electron chi connectivity index (χ2n) is 2.80. The smallest absolute Gasteiger partial charge is 0.412 e. The van der Waals surface area contributed by atoms with E-state index >= 15 is 0 Å². The maximum absolute atomic E-state index is 11.1. The molecule has 2 aromatic heterocycles. The van der Waals surface area contributed by atoms with Crippen LogP contribution in [0.25, 0.3) is 5.65 Å². The number of nitrogens with zero attached hydrogens (tertiary/aromatic N) is 3. The molecule has 1 N–H and O–H groups in total. The van der Waals surface area contributed by atoms with Crippen molar-refractivity contribution in [2.75, 3.05) is 11.9 Å². The van der Waals surface area contributed by atoms with Gasteiger partial charge in [0.2, 0.25) is 0 Å². The van der Waals surface area contributed by atoms with Gasteiger partial charge in [-0.25, -0.2) is 14.3 Å². The number of rotatable bonds is 2. The SMILES string of the molecule is CCOC(=O)Nc1cn2ncccc2n1. The van der Waals surface area contributed by atoms with Crippen molar-refractivity contribution in [1.82, 2.24) is 14.6 Å². The molecule has 0 radical (unpaired) electrons. The minimum absolute atomic E-state index is 0.331. The molecule has 0 aliphatic carbocycles. The minimum Gasteiger partial charge on any atom is -0.450 e. The molecular weight excluding hydrogens is 196 g/mol. The standard InChI is InChI=1S/C9H10N4O2/c1-2-15-9(14)12-7-6-13-8(11-7)4-3-5-10-13/h3-6H,2H2,1H3,(H,12,14). The van der Waals surface area contributed by atoms with Gasteiger partial charge in [0, 0.05) is 6.20 Å². The van der Waals surface area contributed by atoms with Crippen molar-refractivity contribution in [3.05, 3.63) is 24.5 Å². The molecule has 2 aromatic rings. The Morgan fingerprint density at radius 3 is 3.27 bits per heavy atom. The second kappa shape index (κ2) is 3.95. The number of hydrogen-bond donors (Lipinski definition) is 1. The van der Waals surface area contributed by atoms with E-state index in [1.807, 2.05) is 0 Å². The highest BCUT2D eigenvalue weighted by atomic mass is 16.5. The van der Waals surface area contributed by atoms with E-state index in [1.165, 1.54) is 0 Å². The molecule has 1 amide bonds. The van der Waals surface area contributed by atoms with Crippen molar-refractivity contribution < 1.29 is 9.53 Å². The van der Waals surface area contributed by atoms with Crippen molar-refractivity contribution in [2.24, 2.45) is 0 Å². The number of anilines is 1. The molecular formula is C9H10N4O2. The van der Waals surface area contributed by atoms with Crippen LogP contribution in [-0.2, 0) is 4.74 Å². The normalized spacial score (nSPS) is 10.2. The molecule has 15 heavy (non-hydrogen) atoms. The zero-order chi connectivity index (χ0) is 10.7. The Bertz CT molecular complexity index is 447. The quantitative estimate of drug-likeness (QED) is 0.804. The number of fused-ring (bicyclic) bond motifs is 1. The maximum Gasteiger partial charge on any atom is 0.412 e. The Kier molecular flexibility index (Phi) is 2.49. The van der Waals surface area contributed by atoms with Gasteiger partial charge >= 0.3 is 6.09 Å². The van der Waals surface area contributed by atoms with Crippen LogP contribution in [0.4, 0.5) is 10.6 Å². The van der Waals surface area contributed by atoms with Crippen LogP contribution in [0.15, 0.2) is 24.5 Å². The fraction of sp³-hybridized carbons (Fsp3) is 0.222. The van der Waals surface area contributed by atoms with Gasteiger partial charge in [-0.05, 0) is 19.1 Å². The first-order chi connectivity index (χ1) is 7.29. The van der Waals surface area contributed by atoms with E-state index in [1.54, 1.807) is 36.0 Å². The third-order valence-corrected chi connectivity index (χ3v) is 1.74. The van der Waals surface area contributed by atoms with Gasteiger partial charge in [0.1, 0.15) is 0 Å². The van der Waals surface area contributed by atoms with Crippen LogP contribution >= 0.6 is 0 Å². The summed E-state index contributed by atoms with van der Waals surface area (Å²) in [6.45, 7) is 2.07. The van der Waals surface area contributed by atoms with Gasteiger partial charge < -0.3 is 4.74 Å². The molecule has 6 heteroatoms. The van der Waals surface area contributed by atoms with E-state index in [9.17, 15) is 4.79 Å². The molecule has 6 nitrogen and oxygen atoms in total. The van der Waals surface area contributed by atoms with Crippen molar-refractivity contribution in [3.63, 3.8) is 0 Å². The summed E-state index contributed by atoms with van der Waals surface area (Å²) in [6.07, 6.45) is 2.75. The lowest BCUT2D eigenvalue weighted by Crippen LogP contribution is -2.13. The molecule has 78 valence electrons. The predicted molar refractivity (Wildman–Crippen MR) is 53.6 cm³/mol. The Hall–Kier alpha value is -2.11. The lowest BCUT2D eigenvalue weighted by Gasteiger charge is -1.99. The highest BCUT2D eigenvalue weighted by Gasteiger charge is 2.05. The van der Waals surface area contributed by atoms with E-state index in [0.717, 1.165) is 0 Å². The number of carbonyl (C=O) groups excluding carboxylic acids is 1. The summed E-state index contributed by atoms with van der Waals surface area (Å²) in [5.74, 6) is 0.423. The number of carbonyl (C=O) groups is 1. The van der Waals surface area contributed by atoms with Gasteiger partial charge in [-0.3, -0.25) is 5.32 Å². The number of imidazole rings is 1. The molecule has 0 aliphatic heterocycles. The number of ether oxygens (including phenoxy) is 1. The molecule has 0 saturated heterocycles. The number of amides is 1. The molecule has 0 fully saturated rings. The molecule has 0 saturated carbocycles. The third-order valence-electron chi connectivity index (χ3n) is 1.74. The summed E-state index contributed by atoms with van der Waals surface area (Å²) in [6, 6.07) is 3.57. The van der Waals surface area contributed by atoms with Crippen LogP contribution in [0.2, 0.25) is 0 Å². The molecule has 0 spiro atoms. The van der Waals surface area contributed by atoms with Crippen LogP contribution in [0.3, 0.4) is 0 Å². The molecule has 0 bridgehead atoms. The molecule has 0 aliphatic rings. The van der Waals surface area contributed by atoms with Crippen LogP contribution in [0.1, 0.15) is 6.92 Å². The van der Waals surface area contributed by atoms with Crippen molar-refractivity contribution in [3.8, 4) is 0 Å². The fourth-order valence-corrected chi connectivity index (χ4v) is 1.16. The fourth-order valence-electron chi connectivity index (χ4n) is 1.16. The Morgan fingerprint density at radius 1 is 1.67 bits per heavy atom. The predicted octanol–water partition coefficient (Wildman–Crippen LogP) is 1.30. The number of nitrogens with one attached hydrogen (secondary N) is 1. The lowest BCUT2D eigenvalue weighted by molar-refractivity contribution is 0.168. The third kappa shape index (κ3) is 2.04. The summed E-state index contributed by atoms with van der Waals surface area (Å²) in [5, 5.41) is 6.52. The summed E-state index contributed by atoms with van der Waals surface area (Å²) in [5.41, 5.74) is 0.671. The topological polar surface area (TPSA) is 68.5 Å². The molecule has 0 aromatic carbocycles. The maximum atomic E-state index is 11.1. The van der Waals surface area contributed by atoms with Gasteiger partial charge in [0.25, 0.3) is 0 Å². The summed E-state index contributed by atoms with van der Waals surface area (Å²) < 4.78 is 6.29. The van der Waals surface area contributed by atoms with Crippen LogP contribution in [-0.4, -0.2) is 27.3 Å². The van der Waals surface area contributed by atoms with E-state index < -0.39 is 6.09 Å². The van der Waals surface area contributed by atoms with E-state index in [2.05, 4.69) is 15.4 Å². The summed E-state index contributed by atoms with van der Waals surface area (Å²) in [4.78, 5) is 15.2. The van der Waals surface area contributed by atoms with Gasteiger partial charge in [0.05, 0.1) is 12.8 Å². The lowest BCUT2D eigenvalue weighted by atomic mass is 10.6. The van der Waals surface area contributed by atoms with Crippen LogP contribution in [0, 0.1) is 0 Å². The molecule has 2 heterocycles. The summed E-state index contributed by atoms with van der Waals surface area (Å²) in [7, 11) is 0. The highest BCUT2D eigenvalue weighted by molar-refractivity contribution is 5.83. The van der Waals surface area contributed by atoms with Gasteiger partial charge in [0.15, 0.2) is 11.5 Å². The second-order valence-corrected chi connectivity index (χ2v) is 2.80. The van der Waals surface area contributed by atoms with Crippen LogP contribution < -0.4 is 5.32 Å². The van der Waals surface area contributed by atoms with Crippen molar-refractivity contribution in [1.29, 1.82) is 0 Å². The van der Waals surface area contributed by atoms with E-state index in [0.29, 0.717) is 18.1 Å². The Labute approximate surface area is 85.9 Å². The highest BCUT2D eigenvalue weighted by Crippen LogP contribution is 2.07. The molecule has 0 unspecified atom stereocenters. The van der Waals surface area contributed by atoms with Gasteiger partial charge in [-0.1, -0.05) is 0 Å². The zero-order valence-electron chi connectivity index (χ0n) is 8.17. The molecule has 2 rings (SSSR count). The minimum atomic E-state index is -0.513.